The molecule has 1 aromatic rings. The lowest BCUT2D eigenvalue weighted by atomic mass is 10.4. The van der Waals surface area contributed by atoms with Crippen molar-refractivity contribution in [2.45, 2.75) is 6.42 Å². The summed E-state index contributed by atoms with van der Waals surface area (Å²) in [5.74, 6) is -0.0178. The van der Waals surface area contributed by atoms with Crippen molar-refractivity contribution in [1.29, 1.82) is 5.26 Å². The van der Waals surface area contributed by atoms with E-state index in [9.17, 15) is 4.79 Å². The Morgan fingerprint density at radius 2 is 2.58 bits per heavy atom. The molecule has 0 spiro atoms. The summed E-state index contributed by atoms with van der Waals surface area (Å²) in [4.78, 5) is 10.8. The van der Waals surface area contributed by atoms with Crippen molar-refractivity contribution in [2.24, 2.45) is 0 Å². The molecular formula is C7H6N4O. The molecule has 0 aliphatic carbocycles. The molecule has 1 rings (SSSR count). The van der Waals surface area contributed by atoms with Gasteiger partial charge in [-0.1, -0.05) is 0 Å². The van der Waals surface area contributed by atoms with Crippen LogP contribution in [0.15, 0.2) is 18.3 Å². The molecule has 0 aliphatic heterocycles. The number of rotatable bonds is 2. The Labute approximate surface area is 69.0 Å². The van der Waals surface area contributed by atoms with Gasteiger partial charge in [0, 0.05) is 6.20 Å². The predicted molar refractivity (Wildman–Crippen MR) is 40.9 cm³/mol. The lowest BCUT2D eigenvalue weighted by molar-refractivity contribution is -0.115. The first-order valence-electron chi connectivity index (χ1n) is 3.27. The lowest BCUT2D eigenvalue weighted by Crippen LogP contribution is -2.11. The minimum atomic E-state index is -0.377. The monoisotopic (exact) mass is 162 g/mol. The minimum Gasteiger partial charge on any atom is -0.308 e. The van der Waals surface area contributed by atoms with Gasteiger partial charge in [-0.3, -0.25) is 4.79 Å². The van der Waals surface area contributed by atoms with Crippen molar-refractivity contribution in [3.05, 3.63) is 18.3 Å². The van der Waals surface area contributed by atoms with Crippen LogP contribution in [0.4, 0.5) is 5.82 Å². The maximum absolute atomic E-state index is 10.8. The van der Waals surface area contributed by atoms with Gasteiger partial charge in [0.15, 0.2) is 5.82 Å². The van der Waals surface area contributed by atoms with Crippen molar-refractivity contribution in [2.75, 3.05) is 5.32 Å². The molecule has 0 atom stereocenters. The molecule has 0 fully saturated rings. The first kappa shape index (κ1) is 8.14. The molecule has 0 unspecified atom stereocenters. The van der Waals surface area contributed by atoms with E-state index in [1.165, 1.54) is 6.20 Å². The number of carbonyl (C=O) groups is 1. The number of carbonyl (C=O) groups excluding carboxylic acids is 1. The van der Waals surface area contributed by atoms with E-state index >= 15 is 0 Å². The fourth-order valence-electron chi connectivity index (χ4n) is 0.627. The maximum atomic E-state index is 10.8. The summed E-state index contributed by atoms with van der Waals surface area (Å²) in [6.45, 7) is 0. The number of hydrogen-bond acceptors (Lipinski definition) is 4. The Bertz CT molecular complexity index is 303. The van der Waals surface area contributed by atoms with Crippen molar-refractivity contribution < 1.29 is 4.79 Å². The number of nitriles is 1. The third-order valence-corrected chi connectivity index (χ3v) is 1.08. The average molecular weight is 162 g/mol. The number of nitrogens with zero attached hydrogens (tertiary/aromatic N) is 3. The molecule has 0 aromatic carbocycles. The van der Waals surface area contributed by atoms with E-state index in [0.29, 0.717) is 5.82 Å². The zero-order valence-corrected chi connectivity index (χ0v) is 6.19. The second-order valence-corrected chi connectivity index (χ2v) is 1.99. The fourth-order valence-corrected chi connectivity index (χ4v) is 0.627. The summed E-state index contributed by atoms with van der Waals surface area (Å²) in [6.07, 6.45) is 1.33. The van der Waals surface area contributed by atoms with Crippen LogP contribution in [0.3, 0.4) is 0 Å². The Morgan fingerprint density at radius 3 is 3.17 bits per heavy atom. The highest BCUT2D eigenvalue weighted by Crippen LogP contribution is 1.97. The minimum absolute atomic E-state index is 0.170. The van der Waals surface area contributed by atoms with Crippen LogP contribution in [0.25, 0.3) is 0 Å². The summed E-state index contributed by atoms with van der Waals surface area (Å²) in [7, 11) is 0. The van der Waals surface area contributed by atoms with Crippen molar-refractivity contribution in [3.8, 4) is 6.07 Å². The molecule has 1 amide bonds. The highest BCUT2D eigenvalue weighted by Gasteiger charge is 2.00. The van der Waals surface area contributed by atoms with E-state index in [-0.39, 0.29) is 12.3 Å². The normalized spacial score (nSPS) is 8.58. The summed E-state index contributed by atoms with van der Waals surface area (Å²) in [6, 6.07) is 4.97. The van der Waals surface area contributed by atoms with Gasteiger partial charge in [-0.15, -0.1) is 5.10 Å². The van der Waals surface area contributed by atoms with Gasteiger partial charge in [-0.2, -0.15) is 10.4 Å². The molecule has 60 valence electrons. The second-order valence-electron chi connectivity index (χ2n) is 1.99. The van der Waals surface area contributed by atoms with Crippen LogP contribution in [0.5, 0.6) is 0 Å². The highest BCUT2D eigenvalue weighted by atomic mass is 16.1. The summed E-state index contributed by atoms with van der Waals surface area (Å²) in [5, 5.41) is 17.7. The smallest absolute Gasteiger partial charge is 0.239 e. The Hall–Kier alpha value is -1.96. The van der Waals surface area contributed by atoms with Gasteiger partial charge < -0.3 is 5.32 Å². The number of aromatic nitrogens is 2. The first-order valence-corrected chi connectivity index (χ1v) is 3.27. The van der Waals surface area contributed by atoms with Crippen LogP contribution >= 0.6 is 0 Å². The van der Waals surface area contributed by atoms with E-state index in [1.54, 1.807) is 18.2 Å². The molecule has 0 saturated heterocycles. The number of hydrogen-bond donors (Lipinski definition) is 1. The molecule has 0 saturated carbocycles. The van der Waals surface area contributed by atoms with Gasteiger partial charge in [0.05, 0.1) is 6.07 Å². The molecule has 5 nitrogen and oxygen atoms in total. The maximum Gasteiger partial charge on any atom is 0.239 e. The van der Waals surface area contributed by atoms with E-state index in [4.69, 9.17) is 5.26 Å². The molecule has 5 heteroatoms. The average Bonchev–Trinajstić information content (AvgIpc) is 2.06. The van der Waals surface area contributed by atoms with Crippen LogP contribution in [0.1, 0.15) is 6.42 Å². The zero-order valence-electron chi connectivity index (χ0n) is 6.19. The molecule has 1 heterocycles. The van der Waals surface area contributed by atoms with Gasteiger partial charge in [-0.05, 0) is 12.1 Å². The van der Waals surface area contributed by atoms with E-state index < -0.39 is 0 Å². The Balaban J connectivity index is 2.54. The molecule has 12 heavy (non-hydrogen) atoms. The van der Waals surface area contributed by atoms with Gasteiger partial charge in [0.25, 0.3) is 0 Å². The van der Waals surface area contributed by atoms with E-state index in [2.05, 4.69) is 15.5 Å². The molecule has 0 aliphatic rings. The van der Waals surface area contributed by atoms with Crippen molar-refractivity contribution in [1.82, 2.24) is 10.2 Å². The molecule has 1 N–H and O–H groups in total. The van der Waals surface area contributed by atoms with E-state index in [0.717, 1.165) is 0 Å². The summed E-state index contributed by atoms with van der Waals surface area (Å²) in [5.41, 5.74) is 0. The zero-order chi connectivity index (χ0) is 8.81. The van der Waals surface area contributed by atoms with Crippen molar-refractivity contribution >= 4 is 11.7 Å². The third-order valence-electron chi connectivity index (χ3n) is 1.08. The van der Waals surface area contributed by atoms with Crippen LogP contribution < -0.4 is 5.32 Å². The van der Waals surface area contributed by atoms with Crippen molar-refractivity contribution in [3.63, 3.8) is 0 Å². The highest BCUT2D eigenvalue weighted by molar-refractivity contribution is 5.90. The number of anilines is 1. The van der Waals surface area contributed by atoms with Gasteiger partial charge in [0.1, 0.15) is 6.42 Å². The van der Waals surface area contributed by atoms with Gasteiger partial charge >= 0.3 is 0 Å². The Kier molecular flexibility index (Phi) is 2.73. The van der Waals surface area contributed by atoms with Gasteiger partial charge in [-0.25, -0.2) is 0 Å². The molecular weight excluding hydrogens is 156 g/mol. The summed E-state index contributed by atoms with van der Waals surface area (Å²) < 4.78 is 0. The molecule has 0 bridgehead atoms. The van der Waals surface area contributed by atoms with Gasteiger partial charge in [0.2, 0.25) is 5.91 Å². The number of nitrogens with one attached hydrogen (secondary N) is 1. The standard InChI is InChI=1S/C7H6N4O/c8-4-3-7(12)10-6-2-1-5-9-11-6/h1-2,5H,3H2,(H,10,11,12). The largest absolute Gasteiger partial charge is 0.308 e. The SMILES string of the molecule is N#CCC(=O)Nc1cccnn1. The topological polar surface area (TPSA) is 78.7 Å². The summed E-state index contributed by atoms with van der Waals surface area (Å²) >= 11 is 0. The molecule has 1 aromatic heterocycles. The fraction of sp³-hybridized carbons (Fsp3) is 0.143. The van der Waals surface area contributed by atoms with Crippen LogP contribution in [-0.4, -0.2) is 16.1 Å². The second kappa shape index (κ2) is 4.03. The number of amides is 1. The predicted octanol–water partition coefficient (Wildman–Crippen LogP) is 0.329. The van der Waals surface area contributed by atoms with Crippen LogP contribution in [0.2, 0.25) is 0 Å². The molecule has 0 radical (unpaired) electrons. The van der Waals surface area contributed by atoms with Crippen LogP contribution in [0, 0.1) is 11.3 Å². The lowest BCUT2D eigenvalue weighted by Gasteiger charge is -1.97. The Morgan fingerprint density at radius 1 is 1.75 bits per heavy atom. The first-order chi connectivity index (χ1) is 5.83. The quantitative estimate of drug-likeness (QED) is 0.679. The third kappa shape index (κ3) is 2.34. The van der Waals surface area contributed by atoms with Crippen LogP contribution in [-0.2, 0) is 4.79 Å². The van der Waals surface area contributed by atoms with E-state index in [1.807, 2.05) is 0 Å².